The van der Waals surface area contributed by atoms with Crippen molar-refractivity contribution in [2.24, 2.45) is 41.2 Å². The number of alkyl carbamates (subject to hydrolysis) is 1. The molecule has 0 bridgehead atoms. The topological polar surface area (TPSA) is 232 Å². The molecule has 0 spiro atoms. The van der Waals surface area contributed by atoms with Crippen LogP contribution in [0.1, 0.15) is 208 Å². The summed E-state index contributed by atoms with van der Waals surface area (Å²) in [5.41, 5.74) is 5.82. The number of carboxylic acids is 2. The lowest BCUT2D eigenvalue weighted by molar-refractivity contribution is -0.153. The lowest BCUT2D eigenvalue weighted by atomic mass is 9.81. The third-order valence-electron chi connectivity index (χ3n) is 14.5. The minimum absolute atomic E-state index is 0.0107. The van der Waals surface area contributed by atoms with Crippen molar-refractivity contribution in [2.75, 3.05) is 9.80 Å². The number of carbonyl (C=O) groups excluding carboxylic acids is 5. The first-order valence-corrected chi connectivity index (χ1v) is 29.4. The summed E-state index contributed by atoms with van der Waals surface area (Å²) in [7, 11) is 0. The molecule has 2 aromatic rings. The SMILES string of the molecule is CC(C)C#Cc1cc(N(C(=O)C2CCC(C)CC2)C2CCC(OC(=O)[C@H](C)N)CC2)c(C(=O)O)s1.CC(C)C#Cc1cc(N(C(=O)C2CCC(C)CC2)C2CCC(OC(=O)[C@H](C)NC(=O)OC(C)(C)C)CC2)c(C(=O)O)s1. The maximum atomic E-state index is 14.1. The second kappa shape index (κ2) is 28.4. The summed E-state index contributed by atoms with van der Waals surface area (Å²) in [5.74, 6) is 10.5. The molecule has 4 aliphatic rings. The number of carboxylic acid groups (broad SMARTS) is 2. The predicted molar refractivity (Wildman–Crippen MR) is 300 cm³/mol. The van der Waals surface area contributed by atoms with Crippen LogP contribution in [-0.4, -0.2) is 94.0 Å². The summed E-state index contributed by atoms with van der Waals surface area (Å²) in [4.78, 5) is 94.2. The van der Waals surface area contributed by atoms with E-state index in [0.717, 1.165) is 74.0 Å². The minimum Gasteiger partial charge on any atom is -0.477 e. The number of thiophene rings is 2. The van der Waals surface area contributed by atoms with E-state index >= 15 is 0 Å². The van der Waals surface area contributed by atoms with Crippen LogP contribution in [0.2, 0.25) is 0 Å². The van der Waals surface area contributed by atoms with Gasteiger partial charge in [0.25, 0.3) is 0 Å². The van der Waals surface area contributed by atoms with Crippen molar-refractivity contribution in [3.8, 4) is 23.7 Å². The number of amides is 3. The van der Waals surface area contributed by atoms with Crippen LogP contribution in [0.15, 0.2) is 12.1 Å². The van der Waals surface area contributed by atoms with Gasteiger partial charge in [0.1, 0.15) is 39.6 Å². The van der Waals surface area contributed by atoms with Crippen molar-refractivity contribution >= 4 is 75.8 Å². The highest BCUT2D eigenvalue weighted by molar-refractivity contribution is 7.15. The average molecular weight is 1110 g/mol. The van der Waals surface area contributed by atoms with Gasteiger partial charge in [-0.15, -0.1) is 22.7 Å². The molecule has 5 N–H and O–H groups in total. The molecule has 0 saturated heterocycles. The van der Waals surface area contributed by atoms with E-state index in [0.29, 0.717) is 84.3 Å². The van der Waals surface area contributed by atoms with Crippen molar-refractivity contribution in [2.45, 2.75) is 221 Å². The summed E-state index contributed by atoms with van der Waals surface area (Å²) in [6.07, 6.45) is 10.6. The van der Waals surface area contributed by atoms with Crippen molar-refractivity contribution in [3.05, 3.63) is 31.6 Å². The molecular weight excluding hydrogens is 1020 g/mol. The van der Waals surface area contributed by atoms with E-state index in [4.69, 9.17) is 19.9 Å². The Kier molecular flexibility index (Phi) is 23.1. The molecule has 0 unspecified atom stereocenters. The Morgan fingerprint density at radius 2 is 0.961 bits per heavy atom. The van der Waals surface area contributed by atoms with Gasteiger partial charge in [-0.1, -0.05) is 65.2 Å². The summed E-state index contributed by atoms with van der Waals surface area (Å²) in [6, 6.07) is 1.61. The normalized spacial score (nSPS) is 24.2. The summed E-state index contributed by atoms with van der Waals surface area (Å²) >= 11 is 2.23. The number of anilines is 2. The van der Waals surface area contributed by atoms with Gasteiger partial charge in [0, 0.05) is 35.8 Å². The molecule has 0 aromatic carbocycles. The number of carbonyl (C=O) groups is 7. The Bertz CT molecular complexity index is 2510. The molecule has 4 fully saturated rings. The van der Waals surface area contributed by atoms with Crippen LogP contribution in [-0.2, 0) is 33.4 Å². The zero-order valence-corrected chi connectivity index (χ0v) is 48.8. The molecule has 0 aliphatic heterocycles. The number of esters is 2. The van der Waals surface area contributed by atoms with Gasteiger partial charge >= 0.3 is 30.0 Å². The van der Waals surface area contributed by atoms with Gasteiger partial charge in [-0.05, 0) is 161 Å². The third kappa shape index (κ3) is 18.6. The fraction of sp³-hybridized carbons (Fsp3) is 0.678. The second-order valence-electron chi connectivity index (χ2n) is 23.3. The number of ether oxygens (including phenoxy) is 3. The van der Waals surface area contributed by atoms with E-state index in [2.05, 4.69) is 42.8 Å². The van der Waals surface area contributed by atoms with E-state index in [1.807, 2.05) is 27.7 Å². The highest BCUT2D eigenvalue weighted by atomic mass is 32.1. The number of nitrogens with zero attached hydrogens (tertiary/aromatic N) is 2. The van der Waals surface area contributed by atoms with Crippen molar-refractivity contribution in [1.82, 2.24) is 5.32 Å². The number of aromatic carboxylic acids is 2. The van der Waals surface area contributed by atoms with Gasteiger partial charge in [0.2, 0.25) is 11.8 Å². The number of nitrogens with two attached hydrogens (primary N) is 1. The van der Waals surface area contributed by atoms with Crippen LogP contribution in [0.25, 0.3) is 0 Å². The minimum atomic E-state index is -1.07. The zero-order chi connectivity index (χ0) is 56.9. The van der Waals surface area contributed by atoms with Gasteiger partial charge in [0.05, 0.1) is 21.1 Å². The van der Waals surface area contributed by atoms with Crippen LogP contribution in [0.5, 0.6) is 0 Å². The largest absolute Gasteiger partial charge is 0.477 e. The third-order valence-corrected chi connectivity index (χ3v) is 16.6. The van der Waals surface area contributed by atoms with Crippen molar-refractivity contribution in [1.29, 1.82) is 0 Å². The van der Waals surface area contributed by atoms with E-state index in [9.17, 15) is 43.8 Å². The first-order valence-electron chi connectivity index (χ1n) is 27.8. The molecule has 2 heterocycles. The summed E-state index contributed by atoms with van der Waals surface area (Å²) < 4.78 is 16.4. The maximum Gasteiger partial charge on any atom is 0.408 e. The molecule has 6 rings (SSSR count). The molecule has 4 saturated carbocycles. The van der Waals surface area contributed by atoms with Gasteiger partial charge in [-0.2, -0.15) is 0 Å². The van der Waals surface area contributed by atoms with E-state index in [1.165, 1.54) is 0 Å². The Hall–Kier alpha value is -5.43. The molecule has 4 aliphatic carbocycles. The van der Waals surface area contributed by atoms with Gasteiger partial charge < -0.3 is 45.3 Å². The zero-order valence-electron chi connectivity index (χ0n) is 47.2. The Morgan fingerprint density at radius 3 is 1.29 bits per heavy atom. The molecule has 0 radical (unpaired) electrons. The fourth-order valence-electron chi connectivity index (χ4n) is 10.3. The summed E-state index contributed by atoms with van der Waals surface area (Å²) in [5, 5.41) is 22.6. The van der Waals surface area contributed by atoms with E-state index < -0.39 is 47.7 Å². The molecule has 2 atom stereocenters. The summed E-state index contributed by atoms with van der Waals surface area (Å²) in [6.45, 7) is 20.7. The molecule has 3 amide bonds. The van der Waals surface area contributed by atoms with Crippen molar-refractivity contribution in [3.63, 3.8) is 0 Å². The van der Waals surface area contributed by atoms with Gasteiger partial charge in [0.15, 0.2) is 0 Å². The van der Waals surface area contributed by atoms with Gasteiger partial charge in [-0.3, -0.25) is 14.4 Å². The standard InChI is InChI=1S/C32H46N2O7S.C27H38N2O5S/c1-19(2)8-17-25-18-26(27(42-25)29(36)37)34(28(35)22-11-9-20(3)10-12-22)23-13-15-24(16-14-23)40-30(38)21(4)33-31(39)41-32(5,6)7;1-16(2)5-14-22-15-23(24(35-22)26(31)32)29(25(30)19-8-6-17(3)7-9-19)20-10-12-21(13-11-20)34-27(33)18(4)28/h18-24H,9-16H2,1-7H3,(H,33,39)(H,36,37);15-21H,6-13,28H2,1-4H3,(H,31,32)/t20?,21-,22?,23?,24?;17?,18-,19?,20?,21?/m00/s1. The lowest BCUT2D eigenvalue weighted by Crippen LogP contribution is -2.48. The number of hydrogen-bond donors (Lipinski definition) is 4. The predicted octanol–water partition coefficient (Wildman–Crippen LogP) is 11.2. The van der Waals surface area contributed by atoms with Crippen molar-refractivity contribution < 1.29 is 58.0 Å². The number of nitrogens with one attached hydrogen (secondary N) is 1. The van der Waals surface area contributed by atoms with E-state index in [1.54, 1.807) is 56.6 Å². The first kappa shape index (κ1) is 62.4. The monoisotopic (exact) mass is 1100 g/mol. The first-order chi connectivity index (χ1) is 36.2. The van der Waals surface area contributed by atoms with Crippen LogP contribution in [0.4, 0.5) is 16.2 Å². The van der Waals surface area contributed by atoms with Crippen LogP contribution < -0.4 is 20.9 Å². The fourth-order valence-corrected chi connectivity index (χ4v) is 12.0. The highest BCUT2D eigenvalue weighted by Gasteiger charge is 2.40. The molecule has 18 heteroatoms. The molecular formula is C59H84N4O12S2. The Morgan fingerprint density at radius 1 is 0.597 bits per heavy atom. The molecule has 424 valence electrons. The molecule has 2 aromatic heterocycles. The quantitative estimate of drug-likeness (QED) is 0.0831. The van der Waals surface area contributed by atoms with Crippen LogP contribution in [0, 0.1) is 59.2 Å². The van der Waals surface area contributed by atoms with E-state index in [-0.39, 0.29) is 69.5 Å². The van der Waals surface area contributed by atoms with Gasteiger partial charge in [-0.25, -0.2) is 19.2 Å². The Balaban J connectivity index is 0.000000289. The lowest BCUT2D eigenvalue weighted by Gasteiger charge is -2.39. The van der Waals surface area contributed by atoms with Crippen LogP contribution in [0.3, 0.4) is 0 Å². The van der Waals surface area contributed by atoms with Crippen LogP contribution >= 0.6 is 22.7 Å². The maximum absolute atomic E-state index is 14.1. The highest BCUT2D eigenvalue weighted by Crippen LogP contribution is 2.41. The molecule has 16 nitrogen and oxygen atoms in total. The Labute approximate surface area is 464 Å². The second-order valence-corrected chi connectivity index (χ2v) is 25.4. The average Bonchev–Trinajstić information content (AvgIpc) is 3.99. The smallest absolute Gasteiger partial charge is 0.408 e. The number of hydrogen-bond acceptors (Lipinski definition) is 13. The number of rotatable bonds is 13. The molecule has 77 heavy (non-hydrogen) atoms.